The number of nitrogens with zero attached hydrogens (tertiary/aromatic N) is 4. The van der Waals surface area contributed by atoms with Crippen LogP contribution in [0.4, 0.5) is 18.9 Å². The molecule has 1 aromatic heterocycles. The average Bonchev–Trinajstić information content (AvgIpc) is 3.13. The number of likely N-dealkylation sites (N-methyl/N-ethyl adjacent to an activating group) is 1. The molecule has 32 heavy (non-hydrogen) atoms. The van der Waals surface area contributed by atoms with Crippen LogP contribution in [0, 0.1) is 0 Å². The van der Waals surface area contributed by atoms with Gasteiger partial charge < -0.3 is 14.6 Å². The van der Waals surface area contributed by atoms with Crippen molar-refractivity contribution in [3.05, 3.63) is 42.5 Å². The molecule has 2 heterocycles. The first-order chi connectivity index (χ1) is 15.0. The molecule has 1 saturated heterocycles. The predicted octanol–water partition coefficient (Wildman–Crippen LogP) is 1.54. The lowest BCUT2D eigenvalue weighted by Gasteiger charge is -2.26. The molecular formula is C19H24F3N5O4S. The molecule has 1 aliphatic rings. The van der Waals surface area contributed by atoms with Crippen molar-refractivity contribution in [3.63, 3.8) is 0 Å². The fraction of sp³-hybridized carbons (Fsp3) is 0.474. The number of amides is 1. The van der Waals surface area contributed by atoms with Gasteiger partial charge in [0, 0.05) is 31.2 Å². The van der Waals surface area contributed by atoms with E-state index < -0.39 is 28.7 Å². The number of carbonyl (C=O) groups is 1. The molecule has 0 saturated carbocycles. The van der Waals surface area contributed by atoms with E-state index in [-0.39, 0.29) is 36.9 Å². The lowest BCUT2D eigenvalue weighted by Crippen LogP contribution is -2.40. The highest BCUT2D eigenvalue weighted by Gasteiger charge is 2.29. The van der Waals surface area contributed by atoms with E-state index in [0.29, 0.717) is 18.9 Å². The van der Waals surface area contributed by atoms with Gasteiger partial charge in [-0.2, -0.15) is 17.5 Å². The lowest BCUT2D eigenvalue weighted by atomic mass is 10.3. The number of anilines is 1. The van der Waals surface area contributed by atoms with Crippen LogP contribution in [0.2, 0.25) is 0 Å². The Morgan fingerprint density at radius 3 is 2.50 bits per heavy atom. The van der Waals surface area contributed by atoms with Gasteiger partial charge in [-0.05, 0) is 31.3 Å². The van der Waals surface area contributed by atoms with Crippen LogP contribution in [-0.4, -0.2) is 79.2 Å². The summed E-state index contributed by atoms with van der Waals surface area (Å²) in [6.07, 6.45) is -1.85. The Balaban J connectivity index is 1.54. The van der Waals surface area contributed by atoms with Crippen molar-refractivity contribution in [2.45, 2.75) is 24.2 Å². The Morgan fingerprint density at radius 2 is 1.88 bits per heavy atom. The quantitative estimate of drug-likeness (QED) is 0.622. The van der Waals surface area contributed by atoms with Gasteiger partial charge >= 0.3 is 6.18 Å². The van der Waals surface area contributed by atoms with Crippen LogP contribution in [0.3, 0.4) is 0 Å². The molecule has 1 fully saturated rings. The van der Waals surface area contributed by atoms with Gasteiger partial charge in [-0.15, -0.1) is 0 Å². The Kier molecular flexibility index (Phi) is 7.54. The maximum atomic E-state index is 12.6. The number of aromatic nitrogens is 2. The highest BCUT2D eigenvalue weighted by molar-refractivity contribution is 7.89. The molecule has 9 nitrogen and oxygen atoms in total. The van der Waals surface area contributed by atoms with Crippen molar-refractivity contribution in [3.8, 4) is 0 Å². The van der Waals surface area contributed by atoms with Gasteiger partial charge in [0.05, 0.1) is 31.2 Å². The number of ether oxygens (including phenoxy) is 1. The third-order valence-corrected chi connectivity index (χ3v) is 6.63. The van der Waals surface area contributed by atoms with Crippen LogP contribution >= 0.6 is 0 Å². The Labute approximate surface area is 183 Å². The molecule has 0 radical (unpaired) electrons. The lowest BCUT2D eigenvalue weighted by molar-refractivity contribution is -0.141. The number of halogens is 3. The number of rotatable bonds is 8. The number of nitrogens with one attached hydrogen (secondary N) is 1. The zero-order valence-corrected chi connectivity index (χ0v) is 18.2. The SMILES string of the molecule is CN(CC(=O)Nc1ccc(S(=O)(=O)N2CCOCC2)cc1)Cc1nccn1CC(F)(F)F. The number of morpholine rings is 1. The maximum absolute atomic E-state index is 12.6. The van der Waals surface area contributed by atoms with Crippen molar-refractivity contribution in [2.75, 3.05) is 45.2 Å². The van der Waals surface area contributed by atoms with E-state index in [1.807, 2.05) is 0 Å². The number of hydrogen-bond acceptors (Lipinski definition) is 6. The predicted molar refractivity (Wildman–Crippen MR) is 109 cm³/mol. The Morgan fingerprint density at radius 1 is 1.22 bits per heavy atom. The van der Waals surface area contributed by atoms with Crippen LogP contribution < -0.4 is 5.32 Å². The average molecular weight is 475 g/mol. The van der Waals surface area contributed by atoms with E-state index in [1.54, 1.807) is 7.05 Å². The largest absolute Gasteiger partial charge is 0.406 e. The second kappa shape index (κ2) is 9.98. The van der Waals surface area contributed by atoms with Crippen LogP contribution in [0.25, 0.3) is 0 Å². The fourth-order valence-corrected chi connectivity index (χ4v) is 4.63. The van der Waals surface area contributed by atoms with Crippen molar-refractivity contribution in [1.29, 1.82) is 0 Å². The zero-order chi connectivity index (χ0) is 23.4. The third kappa shape index (κ3) is 6.51. The summed E-state index contributed by atoms with van der Waals surface area (Å²) >= 11 is 0. The fourth-order valence-electron chi connectivity index (χ4n) is 3.22. The molecule has 0 atom stereocenters. The number of imidazole rings is 1. The highest BCUT2D eigenvalue weighted by atomic mass is 32.2. The van der Waals surface area contributed by atoms with Crippen molar-refractivity contribution in [2.24, 2.45) is 0 Å². The number of alkyl halides is 3. The molecule has 2 aromatic rings. The van der Waals surface area contributed by atoms with Crippen LogP contribution in [0.5, 0.6) is 0 Å². The molecule has 1 aliphatic heterocycles. The molecule has 0 spiro atoms. The van der Waals surface area contributed by atoms with Crippen molar-refractivity contribution in [1.82, 2.24) is 18.8 Å². The number of sulfonamides is 1. The molecule has 1 N–H and O–H groups in total. The number of benzene rings is 1. The summed E-state index contributed by atoms with van der Waals surface area (Å²) in [5, 5.41) is 2.65. The van der Waals surface area contributed by atoms with E-state index >= 15 is 0 Å². The standard InChI is InChI=1S/C19H24F3N5O4S/c1-25(12-17-23-6-7-26(17)14-19(20,21)22)13-18(28)24-15-2-4-16(5-3-15)32(29,30)27-8-10-31-11-9-27/h2-7H,8-14H2,1H3,(H,24,28). The maximum Gasteiger partial charge on any atom is 0.406 e. The smallest absolute Gasteiger partial charge is 0.379 e. The monoisotopic (exact) mass is 475 g/mol. The summed E-state index contributed by atoms with van der Waals surface area (Å²) in [5.41, 5.74) is 0.405. The van der Waals surface area contributed by atoms with Crippen LogP contribution in [0.1, 0.15) is 5.82 Å². The van der Waals surface area contributed by atoms with Gasteiger partial charge in [0.1, 0.15) is 12.4 Å². The molecule has 0 unspecified atom stereocenters. The third-order valence-electron chi connectivity index (χ3n) is 4.72. The summed E-state index contributed by atoms with van der Waals surface area (Å²) < 4.78 is 70.6. The first kappa shape index (κ1) is 24.2. The van der Waals surface area contributed by atoms with Gasteiger partial charge in [0.25, 0.3) is 0 Å². The molecule has 1 amide bonds. The second-order valence-electron chi connectivity index (χ2n) is 7.35. The minimum Gasteiger partial charge on any atom is -0.379 e. The molecule has 3 rings (SSSR count). The minimum atomic E-state index is -4.37. The second-order valence-corrected chi connectivity index (χ2v) is 9.29. The molecule has 0 bridgehead atoms. The molecule has 176 valence electrons. The normalized spacial score (nSPS) is 15.8. The molecule has 13 heteroatoms. The number of carbonyl (C=O) groups excluding carboxylic acids is 1. The minimum absolute atomic E-state index is 0.0488. The van der Waals surface area contributed by atoms with E-state index in [4.69, 9.17) is 4.74 Å². The van der Waals surface area contributed by atoms with Crippen LogP contribution in [0.15, 0.2) is 41.6 Å². The van der Waals surface area contributed by atoms with Crippen molar-refractivity contribution < 1.29 is 31.1 Å². The molecule has 1 aromatic carbocycles. The summed E-state index contributed by atoms with van der Waals surface area (Å²) in [6, 6.07) is 5.80. The van der Waals surface area contributed by atoms with E-state index in [9.17, 15) is 26.4 Å². The summed E-state index contributed by atoms with van der Waals surface area (Å²) in [6.45, 7) is 0.0689. The topological polar surface area (TPSA) is 96.8 Å². The van der Waals surface area contributed by atoms with Gasteiger partial charge in [-0.25, -0.2) is 13.4 Å². The van der Waals surface area contributed by atoms with Gasteiger partial charge in [0.2, 0.25) is 15.9 Å². The summed E-state index contributed by atoms with van der Waals surface area (Å²) in [7, 11) is -2.04. The van der Waals surface area contributed by atoms with Gasteiger partial charge in [0.15, 0.2) is 0 Å². The highest BCUT2D eigenvalue weighted by Crippen LogP contribution is 2.20. The van der Waals surface area contributed by atoms with Crippen molar-refractivity contribution >= 4 is 21.6 Å². The molecular weight excluding hydrogens is 451 g/mol. The van der Waals surface area contributed by atoms with E-state index in [0.717, 1.165) is 4.57 Å². The van der Waals surface area contributed by atoms with Gasteiger partial charge in [-0.3, -0.25) is 9.69 Å². The summed E-state index contributed by atoms with van der Waals surface area (Å²) in [5.74, 6) is -0.208. The van der Waals surface area contributed by atoms with Gasteiger partial charge in [-0.1, -0.05) is 0 Å². The van der Waals surface area contributed by atoms with Crippen LogP contribution in [-0.2, 0) is 32.6 Å². The molecule has 0 aliphatic carbocycles. The number of hydrogen-bond donors (Lipinski definition) is 1. The Hall–Kier alpha value is -2.48. The first-order valence-electron chi connectivity index (χ1n) is 9.78. The Bertz CT molecular complexity index is 1020. The zero-order valence-electron chi connectivity index (χ0n) is 17.4. The van der Waals surface area contributed by atoms with E-state index in [2.05, 4.69) is 10.3 Å². The first-order valence-corrected chi connectivity index (χ1v) is 11.2. The summed E-state index contributed by atoms with van der Waals surface area (Å²) in [4.78, 5) is 17.9. The van der Waals surface area contributed by atoms with E-state index in [1.165, 1.54) is 45.9 Å².